The summed E-state index contributed by atoms with van der Waals surface area (Å²) in [6.07, 6.45) is 1.64. The van der Waals surface area contributed by atoms with Gasteiger partial charge >= 0.3 is 5.82 Å². The van der Waals surface area contributed by atoms with Crippen LogP contribution in [0.5, 0.6) is 0 Å². The number of hydrogen-bond donors (Lipinski definition) is 3. The predicted molar refractivity (Wildman–Crippen MR) is 46.8 cm³/mol. The minimum Gasteiger partial charge on any atom is -0.387 e. The van der Waals surface area contributed by atoms with Crippen molar-refractivity contribution in [3.05, 3.63) is 21.9 Å². The van der Waals surface area contributed by atoms with Crippen LogP contribution in [0.25, 0.3) is 0 Å². The Kier molecular flexibility index (Phi) is 1.97. The molecule has 1 fully saturated rings. The standard InChI is InChI=1S/C7H10N4O3/c12-7(3-8-4-7)1-5-2-9-10-6(5)11(13)14/h2,8,12H,1,3-4H2,(H,9,10). The molecule has 1 aromatic rings. The van der Waals surface area contributed by atoms with Gasteiger partial charge in [-0.1, -0.05) is 5.10 Å². The molecule has 0 aromatic carbocycles. The van der Waals surface area contributed by atoms with Crippen molar-refractivity contribution in [3.8, 4) is 0 Å². The van der Waals surface area contributed by atoms with Gasteiger partial charge in [0, 0.05) is 19.5 Å². The fourth-order valence-electron chi connectivity index (χ4n) is 1.48. The smallest absolute Gasteiger partial charge is 0.345 e. The Morgan fingerprint density at radius 3 is 2.93 bits per heavy atom. The van der Waals surface area contributed by atoms with E-state index in [-0.39, 0.29) is 12.2 Å². The number of nitrogens with zero attached hydrogens (tertiary/aromatic N) is 2. The van der Waals surface area contributed by atoms with Crippen molar-refractivity contribution >= 4 is 5.82 Å². The second kappa shape index (κ2) is 3.03. The average Bonchev–Trinajstić information content (AvgIpc) is 2.49. The summed E-state index contributed by atoms with van der Waals surface area (Å²) >= 11 is 0. The van der Waals surface area contributed by atoms with E-state index in [1.165, 1.54) is 6.20 Å². The summed E-state index contributed by atoms with van der Waals surface area (Å²) in [5, 5.41) is 29.1. The Bertz CT molecular complexity index is 358. The van der Waals surface area contributed by atoms with Gasteiger partial charge < -0.3 is 20.5 Å². The molecule has 1 aliphatic rings. The van der Waals surface area contributed by atoms with Crippen LogP contribution in [0.1, 0.15) is 5.56 Å². The number of rotatable bonds is 3. The van der Waals surface area contributed by atoms with E-state index in [4.69, 9.17) is 0 Å². The minimum absolute atomic E-state index is 0.134. The summed E-state index contributed by atoms with van der Waals surface area (Å²) in [4.78, 5) is 9.98. The Morgan fingerprint density at radius 1 is 1.71 bits per heavy atom. The van der Waals surface area contributed by atoms with Gasteiger partial charge in [-0.3, -0.25) is 0 Å². The normalized spacial score (nSPS) is 18.9. The highest BCUT2D eigenvalue weighted by molar-refractivity contribution is 5.31. The van der Waals surface area contributed by atoms with E-state index in [9.17, 15) is 15.2 Å². The number of nitro groups is 1. The first-order chi connectivity index (χ1) is 6.61. The van der Waals surface area contributed by atoms with Gasteiger partial charge in [0.1, 0.15) is 0 Å². The van der Waals surface area contributed by atoms with Crippen molar-refractivity contribution in [2.45, 2.75) is 12.0 Å². The lowest BCUT2D eigenvalue weighted by Gasteiger charge is -2.37. The van der Waals surface area contributed by atoms with Gasteiger partial charge in [0.15, 0.2) is 0 Å². The molecule has 7 nitrogen and oxygen atoms in total. The molecular weight excluding hydrogens is 188 g/mol. The maximum absolute atomic E-state index is 10.5. The SMILES string of the molecule is O=[N+]([O-])c1[nH]ncc1CC1(O)CNC1. The van der Waals surface area contributed by atoms with Crippen molar-refractivity contribution < 1.29 is 10.0 Å². The van der Waals surface area contributed by atoms with Gasteiger partial charge in [-0.2, -0.15) is 0 Å². The molecule has 0 spiro atoms. The van der Waals surface area contributed by atoms with E-state index in [2.05, 4.69) is 15.5 Å². The third kappa shape index (κ3) is 1.47. The summed E-state index contributed by atoms with van der Waals surface area (Å²) < 4.78 is 0. The molecule has 1 aromatic heterocycles. The van der Waals surface area contributed by atoms with Crippen molar-refractivity contribution in [1.29, 1.82) is 0 Å². The van der Waals surface area contributed by atoms with Crippen LogP contribution in [-0.4, -0.2) is 38.9 Å². The van der Waals surface area contributed by atoms with Crippen molar-refractivity contribution in [3.63, 3.8) is 0 Å². The highest BCUT2D eigenvalue weighted by atomic mass is 16.6. The zero-order valence-electron chi connectivity index (χ0n) is 7.36. The number of aromatic nitrogens is 2. The third-order valence-corrected chi connectivity index (χ3v) is 2.31. The van der Waals surface area contributed by atoms with Gasteiger partial charge in [0.2, 0.25) is 0 Å². The topological polar surface area (TPSA) is 104 Å². The van der Waals surface area contributed by atoms with Gasteiger partial charge in [-0.05, 0) is 4.92 Å². The van der Waals surface area contributed by atoms with Crippen LogP contribution in [0, 0.1) is 10.1 Å². The summed E-state index contributed by atoms with van der Waals surface area (Å²) in [6.45, 7) is 0.935. The third-order valence-electron chi connectivity index (χ3n) is 2.31. The number of aliphatic hydroxyl groups is 1. The van der Waals surface area contributed by atoms with E-state index in [0.717, 1.165) is 0 Å². The number of nitrogens with one attached hydrogen (secondary N) is 2. The summed E-state index contributed by atoms with van der Waals surface area (Å²) in [5.41, 5.74) is -0.409. The van der Waals surface area contributed by atoms with Crippen molar-refractivity contribution in [2.24, 2.45) is 0 Å². The molecule has 1 aliphatic heterocycles. The largest absolute Gasteiger partial charge is 0.387 e. The maximum Gasteiger partial charge on any atom is 0.345 e. The van der Waals surface area contributed by atoms with Gasteiger partial charge in [-0.15, -0.1) is 5.10 Å². The molecule has 2 rings (SSSR count). The summed E-state index contributed by atoms with van der Waals surface area (Å²) in [5.74, 6) is -0.134. The van der Waals surface area contributed by atoms with Crippen LogP contribution >= 0.6 is 0 Å². The fourth-order valence-corrected chi connectivity index (χ4v) is 1.48. The molecule has 0 saturated carbocycles. The molecule has 0 amide bonds. The highest BCUT2D eigenvalue weighted by Gasteiger charge is 2.36. The second-order valence-corrected chi connectivity index (χ2v) is 3.51. The molecule has 14 heavy (non-hydrogen) atoms. The molecule has 7 heteroatoms. The first-order valence-electron chi connectivity index (χ1n) is 4.20. The summed E-state index contributed by atoms with van der Waals surface area (Å²) in [6, 6.07) is 0. The lowest BCUT2D eigenvalue weighted by Crippen LogP contribution is -2.60. The number of hydrogen-bond acceptors (Lipinski definition) is 5. The quantitative estimate of drug-likeness (QED) is 0.435. The van der Waals surface area contributed by atoms with Gasteiger partial charge in [-0.25, -0.2) is 0 Å². The maximum atomic E-state index is 10.5. The molecular formula is C7H10N4O3. The number of aromatic amines is 1. The Labute approximate surface area is 79.3 Å². The van der Waals surface area contributed by atoms with E-state index in [0.29, 0.717) is 18.7 Å². The molecule has 0 radical (unpaired) electrons. The van der Waals surface area contributed by atoms with Crippen molar-refractivity contribution in [1.82, 2.24) is 15.5 Å². The van der Waals surface area contributed by atoms with Crippen LogP contribution in [0.3, 0.4) is 0 Å². The molecule has 2 heterocycles. The van der Waals surface area contributed by atoms with E-state index >= 15 is 0 Å². The molecule has 0 atom stereocenters. The zero-order valence-corrected chi connectivity index (χ0v) is 7.36. The van der Waals surface area contributed by atoms with Crippen molar-refractivity contribution in [2.75, 3.05) is 13.1 Å². The first-order valence-corrected chi connectivity index (χ1v) is 4.20. The number of H-pyrrole nitrogens is 1. The Balaban J connectivity index is 2.16. The van der Waals surface area contributed by atoms with Gasteiger partial charge in [0.25, 0.3) is 0 Å². The lowest BCUT2D eigenvalue weighted by molar-refractivity contribution is -0.390. The zero-order chi connectivity index (χ0) is 10.2. The Hall–Kier alpha value is -1.47. The molecule has 0 unspecified atom stereocenters. The monoisotopic (exact) mass is 198 g/mol. The molecule has 3 N–H and O–H groups in total. The predicted octanol–water partition coefficient (Wildman–Crippen LogP) is -0.805. The van der Waals surface area contributed by atoms with Crippen LogP contribution in [0.2, 0.25) is 0 Å². The second-order valence-electron chi connectivity index (χ2n) is 3.51. The Morgan fingerprint density at radius 2 is 2.43 bits per heavy atom. The van der Waals surface area contributed by atoms with Gasteiger partial charge in [0.05, 0.1) is 17.4 Å². The first kappa shape index (κ1) is 9.10. The lowest BCUT2D eigenvalue weighted by atomic mass is 9.90. The van der Waals surface area contributed by atoms with Crippen LogP contribution in [0.4, 0.5) is 5.82 Å². The molecule has 1 saturated heterocycles. The average molecular weight is 198 g/mol. The van der Waals surface area contributed by atoms with E-state index in [1.54, 1.807) is 0 Å². The van der Waals surface area contributed by atoms with E-state index in [1.807, 2.05) is 0 Å². The van der Waals surface area contributed by atoms with Crippen LogP contribution < -0.4 is 5.32 Å². The molecule has 0 bridgehead atoms. The van der Waals surface area contributed by atoms with E-state index < -0.39 is 10.5 Å². The summed E-state index contributed by atoms with van der Waals surface area (Å²) in [7, 11) is 0. The molecule has 76 valence electrons. The number of β-amino-alcohol motifs (C(OH)–C–C–N with tert-alkyl or cyclic N) is 1. The van der Waals surface area contributed by atoms with Crippen LogP contribution in [0.15, 0.2) is 6.20 Å². The highest BCUT2D eigenvalue weighted by Crippen LogP contribution is 2.22. The minimum atomic E-state index is -0.853. The fraction of sp³-hybridized carbons (Fsp3) is 0.571. The van der Waals surface area contributed by atoms with Crippen LogP contribution in [-0.2, 0) is 6.42 Å². The molecule has 0 aliphatic carbocycles.